The number of rotatable bonds is 7. The van der Waals surface area contributed by atoms with Gasteiger partial charge in [0.15, 0.2) is 17.5 Å². The predicted octanol–water partition coefficient (Wildman–Crippen LogP) is 4.20. The number of hydrogen-bond acceptors (Lipinski definition) is 5. The number of fused-ring (bicyclic) bond motifs is 1. The van der Waals surface area contributed by atoms with E-state index in [9.17, 15) is 4.79 Å². The summed E-state index contributed by atoms with van der Waals surface area (Å²) in [6, 6.07) is 17.2. The van der Waals surface area contributed by atoms with Crippen LogP contribution in [0.4, 0.5) is 11.4 Å². The van der Waals surface area contributed by atoms with Crippen molar-refractivity contribution in [1.29, 1.82) is 0 Å². The van der Waals surface area contributed by atoms with Gasteiger partial charge in [-0.25, -0.2) is 4.99 Å². The van der Waals surface area contributed by atoms with E-state index >= 15 is 0 Å². The molecule has 0 unspecified atom stereocenters. The van der Waals surface area contributed by atoms with Crippen molar-refractivity contribution in [2.75, 3.05) is 30.4 Å². The van der Waals surface area contributed by atoms with Gasteiger partial charge in [0, 0.05) is 43.8 Å². The molecule has 1 aliphatic rings. The Hall–Kier alpha value is -3.94. The van der Waals surface area contributed by atoms with Gasteiger partial charge in [-0.05, 0) is 42.0 Å². The Morgan fingerprint density at radius 2 is 1.82 bits per heavy atom. The van der Waals surface area contributed by atoms with E-state index in [-0.39, 0.29) is 5.91 Å². The number of benzene rings is 2. The van der Waals surface area contributed by atoms with Gasteiger partial charge in [-0.3, -0.25) is 4.79 Å². The summed E-state index contributed by atoms with van der Waals surface area (Å²) in [7, 11) is 0. The summed E-state index contributed by atoms with van der Waals surface area (Å²) in [5.41, 5.74) is 2.57. The van der Waals surface area contributed by atoms with Crippen LogP contribution in [-0.2, 0) is 17.8 Å². The summed E-state index contributed by atoms with van der Waals surface area (Å²) in [5.74, 6) is 2.89. The largest absolute Gasteiger partial charge is 0.490 e. The maximum Gasteiger partial charge on any atom is 0.221 e. The first kappa shape index (κ1) is 22.3. The summed E-state index contributed by atoms with van der Waals surface area (Å²) in [6.45, 7) is 3.86. The van der Waals surface area contributed by atoms with E-state index in [1.54, 1.807) is 6.26 Å². The molecule has 1 aliphatic heterocycles. The van der Waals surface area contributed by atoms with Crippen LogP contribution in [0.1, 0.15) is 24.7 Å². The molecule has 1 aromatic heterocycles. The Morgan fingerprint density at radius 3 is 2.64 bits per heavy atom. The standard InChI is InChI=1S/C25H28N4O4/c1-18(30)28-20-6-2-5-19(15-20)17-27-25(26-11-10-22-7-3-12-31-22)29-21-8-9-23-24(16-21)33-14-4-13-32-23/h2-3,5-9,12,15-16H,4,10-11,13-14,17H2,1H3,(H,28,30)(H2,26,27,29). The summed E-state index contributed by atoms with van der Waals surface area (Å²) in [5, 5.41) is 9.50. The number of amides is 1. The lowest BCUT2D eigenvalue weighted by Gasteiger charge is -2.14. The minimum Gasteiger partial charge on any atom is -0.490 e. The predicted molar refractivity (Wildman–Crippen MR) is 128 cm³/mol. The third-order valence-corrected chi connectivity index (χ3v) is 4.92. The van der Waals surface area contributed by atoms with Crippen LogP contribution >= 0.6 is 0 Å². The van der Waals surface area contributed by atoms with Crippen LogP contribution in [0.25, 0.3) is 0 Å². The second kappa shape index (κ2) is 11.1. The number of carbonyl (C=O) groups is 1. The van der Waals surface area contributed by atoms with Crippen LogP contribution in [-0.4, -0.2) is 31.6 Å². The number of furan rings is 1. The normalized spacial score (nSPS) is 13.2. The molecule has 0 atom stereocenters. The molecule has 0 radical (unpaired) electrons. The van der Waals surface area contributed by atoms with Gasteiger partial charge >= 0.3 is 0 Å². The van der Waals surface area contributed by atoms with Crippen molar-refractivity contribution in [3.05, 3.63) is 72.2 Å². The molecule has 2 heterocycles. The second-order valence-electron chi connectivity index (χ2n) is 7.64. The third-order valence-electron chi connectivity index (χ3n) is 4.92. The van der Waals surface area contributed by atoms with Crippen molar-refractivity contribution in [3.63, 3.8) is 0 Å². The minimum atomic E-state index is -0.105. The molecular formula is C25H28N4O4. The van der Waals surface area contributed by atoms with Crippen LogP contribution in [0, 0.1) is 0 Å². The summed E-state index contributed by atoms with van der Waals surface area (Å²) < 4.78 is 16.9. The monoisotopic (exact) mass is 448 g/mol. The molecule has 4 rings (SSSR count). The molecular weight excluding hydrogens is 420 g/mol. The first-order chi connectivity index (χ1) is 16.2. The molecule has 0 saturated heterocycles. The molecule has 0 bridgehead atoms. The molecule has 2 aromatic carbocycles. The van der Waals surface area contributed by atoms with E-state index in [1.807, 2.05) is 54.6 Å². The molecule has 0 aliphatic carbocycles. The number of carbonyl (C=O) groups excluding carboxylic acids is 1. The van der Waals surface area contributed by atoms with E-state index in [0.29, 0.717) is 32.3 Å². The van der Waals surface area contributed by atoms with Crippen LogP contribution in [0.5, 0.6) is 11.5 Å². The average molecular weight is 449 g/mol. The van der Waals surface area contributed by atoms with Gasteiger partial charge in [-0.15, -0.1) is 0 Å². The van der Waals surface area contributed by atoms with Crippen molar-refractivity contribution in [2.45, 2.75) is 26.3 Å². The topological polar surface area (TPSA) is 97.1 Å². The highest BCUT2D eigenvalue weighted by Gasteiger charge is 2.11. The Balaban J connectivity index is 1.47. The fourth-order valence-corrected chi connectivity index (χ4v) is 3.40. The Bertz CT molecular complexity index is 1100. The van der Waals surface area contributed by atoms with Gasteiger partial charge in [0.25, 0.3) is 0 Å². The maximum atomic E-state index is 11.3. The van der Waals surface area contributed by atoms with Crippen molar-refractivity contribution in [3.8, 4) is 11.5 Å². The van der Waals surface area contributed by atoms with Crippen LogP contribution in [0.15, 0.2) is 70.3 Å². The van der Waals surface area contributed by atoms with Gasteiger partial charge in [0.1, 0.15) is 5.76 Å². The maximum absolute atomic E-state index is 11.3. The van der Waals surface area contributed by atoms with Gasteiger partial charge in [-0.1, -0.05) is 12.1 Å². The van der Waals surface area contributed by atoms with Crippen molar-refractivity contribution in [1.82, 2.24) is 5.32 Å². The lowest BCUT2D eigenvalue weighted by Crippen LogP contribution is -2.32. The number of nitrogens with zero attached hydrogens (tertiary/aromatic N) is 1. The van der Waals surface area contributed by atoms with Crippen molar-refractivity contribution < 1.29 is 18.7 Å². The highest BCUT2D eigenvalue weighted by atomic mass is 16.5. The van der Waals surface area contributed by atoms with Crippen LogP contribution in [0.2, 0.25) is 0 Å². The molecule has 1 amide bonds. The number of aliphatic imine (C=N–C) groups is 1. The smallest absolute Gasteiger partial charge is 0.221 e. The van der Waals surface area contributed by atoms with Crippen molar-refractivity contribution in [2.24, 2.45) is 4.99 Å². The Morgan fingerprint density at radius 1 is 0.970 bits per heavy atom. The van der Waals surface area contributed by atoms with Crippen molar-refractivity contribution >= 4 is 23.2 Å². The number of ether oxygens (including phenoxy) is 2. The van der Waals surface area contributed by atoms with Crippen LogP contribution < -0.4 is 25.4 Å². The third kappa shape index (κ3) is 6.77. The Labute approximate surface area is 193 Å². The molecule has 3 N–H and O–H groups in total. The molecule has 0 saturated carbocycles. The fraction of sp³-hybridized carbons (Fsp3) is 0.280. The molecule has 0 spiro atoms. The quantitative estimate of drug-likeness (QED) is 0.370. The zero-order chi connectivity index (χ0) is 22.9. The zero-order valence-corrected chi connectivity index (χ0v) is 18.6. The average Bonchev–Trinajstić information content (AvgIpc) is 3.21. The van der Waals surface area contributed by atoms with Crippen LogP contribution in [0.3, 0.4) is 0 Å². The fourth-order valence-electron chi connectivity index (χ4n) is 3.40. The molecule has 33 heavy (non-hydrogen) atoms. The van der Waals surface area contributed by atoms with Gasteiger partial charge in [0.2, 0.25) is 5.91 Å². The Kier molecular flexibility index (Phi) is 7.48. The first-order valence-electron chi connectivity index (χ1n) is 11.0. The van der Waals surface area contributed by atoms with E-state index in [0.717, 1.165) is 47.0 Å². The molecule has 3 aromatic rings. The summed E-state index contributed by atoms with van der Waals surface area (Å²) in [4.78, 5) is 16.1. The zero-order valence-electron chi connectivity index (χ0n) is 18.6. The van der Waals surface area contributed by atoms with Gasteiger partial charge in [-0.2, -0.15) is 0 Å². The minimum absolute atomic E-state index is 0.105. The number of nitrogens with one attached hydrogen (secondary N) is 3. The molecule has 0 fully saturated rings. The molecule has 8 heteroatoms. The van der Waals surface area contributed by atoms with Gasteiger partial charge in [0.05, 0.1) is 26.0 Å². The first-order valence-corrected chi connectivity index (χ1v) is 11.0. The van der Waals surface area contributed by atoms with E-state index in [1.165, 1.54) is 6.92 Å². The summed E-state index contributed by atoms with van der Waals surface area (Å²) >= 11 is 0. The second-order valence-corrected chi connectivity index (χ2v) is 7.64. The summed E-state index contributed by atoms with van der Waals surface area (Å²) in [6.07, 6.45) is 3.26. The molecule has 172 valence electrons. The van der Waals surface area contributed by atoms with E-state index < -0.39 is 0 Å². The highest BCUT2D eigenvalue weighted by molar-refractivity contribution is 5.94. The number of hydrogen-bond donors (Lipinski definition) is 3. The van der Waals surface area contributed by atoms with Gasteiger partial charge < -0.3 is 29.8 Å². The number of anilines is 2. The number of guanidine groups is 1. The van der Waals surface area contributed by atoms with E-state index in [2.05, 4.69) is 16.0 Å². The lowest BCUT2D eigenvalue weighted by molar-refractivity contribution is -0.114. The molecule has 8 nitrogen and oxygen atoms in total. The lowest BCUT2D eigenvalue weighted by atomic mass is 10.2. The SMILES string of the molecule is CC(=O)Nc1cccc(CN=C(NCCc2ccco2)Nc2ccc3c(c2)OCCCO3)c1. The van der Waals surface area contributed by atoms with E-state index in [4.69, 9.17) is 18.9 Å². The highest BCUT2D eigenvalue weighted by Crippen LogP contribution is 2.32.